The lowest BCUT2D eigenvalue weighted by Crippen LogP contribution is -1.78. The molecule has 0 saturated carbocycles. The summed E-state index contributed by atoms with van der Waals surface area (Å²) in [6, 6.07) is 0. The smallest absolute Gasteiger partial charge is 0.0169 e. The average Bonchev–Trinajstić information content (AvgIpc) is 2.43. The molecule has 0 radical (unpaired) electrons. The van der Waals surface area contributed by atoms with E-state index in [0.717, 1.165) is 6.42 Å². The van der Waals surface area contributed by atoms with Gasteiger partial charge in [0.15, 0.2) is 0 Å². The van der Waals surface area contributed by atoms with Gasteiger partial charge in [0.25, 0.3) is 0 Å². The molecule has 0 N–H and O–H groups in total. The molecule has 0 aromatic carbocycles. The van der Waals surface area contributed by atoms with Crippen molar-refractivity contribution in [2.75, 3.05) is 0 Å². The molecule has 0 bridgehead atoms. The second-order valence-electron chi connectivity index (χ2n) is 5.58. The third-order valence-corrected chi connectivity index (χ3v) is 3.55. The monoisotopic (exact) mass is 264 g/mol. The van der Waals surface area contributed by atoms with Gasteiger partial charge in [-0.1, -0.05) is 89.5 Å². The summed E-state index contributed by atoms with van der Waals surface area (Å²) < 4.78 is 0. The van der Waals surface area contributed by atoms with Crippen LogP contribution in [-0.4, -0.2) is 0 Å². The zero-order chi connectivity index (χ0) is 14.0. The molecule has 19 heavy (non-hydrogen) atoms. The molecule has 0 spiro atoms. The summed E-state index contributed by atoms with van der Waals surface area (Å²) in [6.07, 6.45) is 27.0. The van der Waals surface area contributed by atoms with Crippen LogP contribution in [0.25, 0.3) is 0 Å². The summed E-state index contributed by atoms with van der Waals surface area (Å²) in [4.78, 5) is 0. The first-order valence-electron chi connectivity index (χ1n) is 8.71. The fraction of sp³-hybridized carbons (Fsp3) is 0.789. The van der Waals surface area contributed by atoms with Gasteiger partial charge in [0.2, 0.25) is 0 Å². The van der Waals surface area contributed by atoms with Gasteiger partial charge < -0.3 is 0 Å². The van der Waals surface area contributed by atoms with Gasteiger partial charge in [0, 0.05) is 0 Å². The molecule has 0 aromatic rings. The van der Waals surface area contributed by atoms with Crippen LogP contribution in [0, 0.1) is 0 Å². The highest BCUT2D eigenvalue weighted by molar-refractivity contribution is 4.92. The number of rotatable bonds is 14. The maximum absolute atomic E-state index is 2.36. The Morgan fingerprint density at radius 1 is 0.474 bits per heavy atom. The fourth-order valence-electron chi connectivity index (χ4n) is 2.24. The predicted molar refractivity (Wildman–Crippen MR) is 89.6 cm³/mol. The number of unbranched alkanes of at least 4 members (excludes halogenated alkanes) is 10. The van der Waals surface area contributed by atoms with Crippen LogP contribution < -0.4 is 0 Å². The number of allylic oxidation sites excluding steroid dienone is 4. The summed E-state index contributed by atoms with van der Waals surface area (Å²) in [7, 11) is 0. The van der Waals surface area contributed by atoms with E-state index in [0.29, 0.717) is 0 Å². The predicted octanol–water partition coefficient (Wildman–Crippen LogP) is 7.21. The van der Waals surface area contributed by atoms with E-state index >= 15 is 0 Å². The Morgan fingerprint density at radius 2 is 0.895 bits per heavy atom. The molecule has 112 valence electrons. The summed E-state index contributed by atoms with van der Waals surface area (Å²) in [5.74, 6) is 0. The maximum Gasteiger partial charge on any atom is -0.0169 e. The van der Waals surface area contributed by atoms with Crippen molar-refractivity contribution in [3.05, 3.63) is 24.3 Å². The topological polar surface area (TPSA) is 0 Å². The van der Waals surface area contributed by atoms with Crippen molar-refractivity contribution >= 4 is 0 Å². The van der Waals surface area contributed by atoms with E-state index in [1.165, 1.54) is 77.0 Å². The Balaban J connectivity index is 3.12. The summed E-state index contributed by atoms with van der Waals surface area (Å²) >= 11 is 0. The van der Waals surface area contributed by atoms with Gasteiger partial charge in [-0.15, -0.1) is 0 Å². The molecular weight excluding hydrogens is 228 g/mol. The van der Waals surface area contributed by atoms with Crippen molar-refractivity contribution in [1.29, 1.82) is 0 Å². The van der Waals surface area contributed by atoms with E-state index in [9.17, 15) is 0 Å². The Hall–Kier alpha value is -0.520. The van der Waals surface area contributed by atoms with Crippen LogP contribution >= 0.6 is 0 Å². The van der Waals surface area contributed by atoms with Gasteiger partial charge in [0.05, 0.1) is 0 Å². The zero-order valence-corrected chi connectivity index (χ0v) is 13.5. The highest BCUT2D eigenvalue weighted by atomic mass is 14.0. The van der Waals surface area contributed by atoms with Gasteiger partial charge in [-0.05, 0) is 32.1 Å². The summed E-state index contributed by atoms with van der Waals surface area (Å²) in [5, 5.41) is 0. The third kappa shape index (κ3) is 17.5. The largest absolute Gasteiger partial charge is 0.0882 e. The van der Waals surface area contributed by atoms with Gasteiger partial charge in [-0.3, -0.25) is 0 Å². The Morgan fingerprint density at radius 3 is 1.47 bits per heavy atom. The van der Waals surface area contributed by atoms with Gasteiger partial charge in [0.1, 0.15) is 0 Å². The lowest BCUT2D eigenvalue weighted by Gasteiger charge is -1.98. The van der Waals surface area contributed by atoms with Crippen LogP contribution in [0.3, 0.4) is 0 Å². The second kappa shape index (κ2) is 17.5. The van der Waals surface area contributed by atoms with E-state index in [1.807, 2.05) is 0 Å². The Labute approximate surface area is 122 Å². The lowest BCUT2D eigenvalue weighted by molar-refractivity contribution is 0.592. The van der Waals surface area contributed by atoms with Gasteiger partial charge in [-0.2, -0.15) is 0 Å². The molecule has 0 fully saturated rings. The number of hydrogen-bond donors (Lipinski definition) is 0. The van der Waals surface area contributed by atoms with E-state index in [2.05, 4.69) is 38.2 Å². The van der Waals surface area contributed by atoms with Crippen molar-refractivity contribution in [3.8, 4) is 0 Å². The van der Waals surface area contributed by atoms with Crippen LogP contribution in [0.5, 0.6) is 0 Å². The number of hydrogen-bond acceptors (Lipinski definition) is 0. The van der Waals surface area contributed by atoms with Crippen LogP contribution in [0.4, 0.5) is 0 Å². The molecule has 0 heteroatoms. The Bertz CT molecular complexity index is 200. The second-order valence-corrected chi connectivity index (χ2v) is 5.58. The molecule has 0 nitrogen and oxygen atoms in total. The molecule has 0 rings (SSSR count). The SMILES string of the molecule is CCCCCC=CC/C=C\CCCCCCCCC. The van der Waals surface area contributed by atoms with E-state index < -0.39 is 0 Å². The van der Waals surface area contributed by atoms with E-state index in [4.69, 9.17) is 0 Å². The molecule has 0 heterocycles. The van der Waals surface area contributed by atoms with Crippen molar-refractivity contribution in [2.24, 2.45) is 0 Å². The molecule has 0 aliphatic rings. The highest BCUT2D eigenvalue weighted by Gasteiger charge is 1.89. The van der Waals surface area contributed by atoms with Crippen molar-refractivity contribution in [1.82, 2.24) is 0 Å². The summed E-state index contributed by atoms with van der Waals surface area (Å²) in [6.45, 7) is 4.54. The molecule has 0 aromatic heterocycles. The normalized spacial score (nSPS) is 11.9. The maximum atomic E-state index is 2.36. The van der Waals surface area contributed by atoms with Crippen LogP contribution in [0.15, 0.2) is 24.3 Å². The standard InChI is InChI=1S/C19H36/c1-3-5-7-9-11-13-15-17-19-18-16-14-12-10-8-6-4-2/h11,13,17,19H,3-10,12,14-16,18H2,1-2H3/b13-11?,19-17-. The third-order valence-electron chi connectivity index (χ3n) is 3.55. The van der Waals surface area contributed by atoms with Gasteiger partial charge in [-0.25, -0.2) is 0 Å². The van der Waals surface area contributed by atoms with Crippen molar-refractivity contribution in [3.63, 3.8) is 0 Å². The summed E-state index contributed by atoms with van der Waals surface area (Å²) in [5.41, 5.74) is 0. The lowest BCUT2D eigenvalue weighted by atomic mass is 10.1. The van der Waals surface area contributed by atoms with Gasteiger partial charge >= 0.3 is 0 Å². The minimum Gasteiger partial charge on any atom is -0.0882 e. The zero-order valence-electron chi connectivity index (χ0n) is 13.5. The highest BCUT2D eigenvalue weighted by Crippen LogP contribution is 2.08. The first-order valence-corrected chi connectivity index (χ1v) is 8.71. The molecule has 0 unspecified atom stereocenters. The molecular formula is C19H36. The molecule has 0 amide bonds. The van der Waals surface area contributed by atoms with Crippen molar-refractivity contribution in [2.45, 2.75) is 97.3 Å². The molecule has 0 atom stereocenters. The average molecular weight is 264 g/mol. The van der Waals surface area contributed by atoms with E-state index in [-0.39, 0.29) is 0 Å². The molecule has 0 aliphatic heterocycles. The minimum absolute atomic E-state index is 1.13. The first-order chi connectivity index (χ1) is 9.41. The van der Waals surface area contributed by atoms with E-state index in [1.54, 1.807) is 0 Å². The molecule has 0 aliphatic carbocycles. The Kier molecular flexibility index (Phi) is 17.0. The van der Waals surface area contributed by atoms with Crippen LogP contribution in [0.1, 0.15) is 97.3 Å². The molecule has 0 saturated heterocycles. The van der Waals surface area contributed by atoms with Crippen molar-refractivity contribution < 1.29 is 0 Å². The first kappa shape index (κ1) is 18.5. The quantitative estimate of drug-likeness (QED) is 0.230. The fourth-order valence-corrected chi connectivity index (χ4v) is 2.24. The van der Waals surface area contributed by atoms with Crippen LogP contribution in [-0.2, 0) is 0 Å². The van der Waals surface area contributed by atoms with Crippen LogP contribution in [0.2, 0.25) is 0 Å². The minimum atomic E-state index is 1.13.